The summed E-state index contributed by atoms with van der Waals surface area (Å²) in [5.41, 5.74) is -0.668. The SMILES string of the molecule is C=C(C)CC1(CC(=C)Br)C(=O)NC(=O)NC1=O. The van der Waals surface area contributed by atoms with Gasteiger partial charge in [-0.3, -0.25) is 20.2 Å². The van der Waals surface area contributed by atoms with Crippen LogP contribution >= 0.6 is 15.9 Å². The van der Waals surface area contributed by atoms with Gasteiger partial charge in [-0.05, 0) is 17.8 Å². The van der Waals surface area contributed by atoms with Gasteiger partial charge in [-0.15, -0.1) is 6.58 Å². The molecule has 1 fully saturated rings. The van der Waals surface area contributed by atoms with Crippen LogP contribution in [-0.2, 0) is 9.59 Å². The van der Waals surface area contributed by atoms with Gasteiger partial charge >= 0.3 is 6.03 Å². The van der Waals surface area contributed by atoms with Crippen LogP contribution < -0.4 is 10.6 Å². The van der Waals surface area contributed by atoms with Gasteiger partial charge < -0.3 is 0 Å². The zero-order chi connectivity index (χ0) is 13.2. The zero-order valence-corrected chi connectivity index (χ0v) is 11.0. The Morgan fingerprint density at radius 2 is 1.65 bits per heavy atom. The van der Waals surface area contributed by atoms with Gasteiger partial charge in [0.1, 0.15) is 5.41 Å². The van der Waals surface area contributed by atoms with E-state index in [9.17, 15) is 14.4 Å². The van der Waals surface area contributed by atoms with Crippen LogP contribution in [-0.4, -0.2) is 17.8 Å². The highest BCUT2D eigenvalue weighted by Crippen LogP contribution is 2.36. The number of urea groups is 1. The summed E-state index contributed by atoms with van der Waals surface area (Å²) >= 11 is 3.14. The van der Waals surface area contributed by atoms with Gasteiger partial charge in [-0.1, -0.05) is 28.1 Å². The predicted molar refractivity (Wildman–Crippen MR) is 66.2 cm³/mol. The second-order valence-corrected chi connectivity index (χ2v) is 5.27. The maximum Gasteiger partial charge on any atom is 0.328 e. The highest BCUT2D eigenvalue weighted by molar-refractivity contribution is 9.11. The number of amides is 4. The molecule has 0 aromatic carbocycles. The van der Waals surface area contributed by atoms with Crippen molar-refractivity contribution in [3.8, 4) is 0 Å². The molecule has 0 atom stereocenters. The first-order valence-electron chi connectivity index (χ1n) is 4.92. The monoisotopic (exact) mass is 300 g/mol. The number of hydrogen-bond acceptors (Lipinski definition) is 3. The average Bonchev–Trinajstić information content (AvgIpc) is 2.12. The Kier molecular flexibility index (Phi) is 3.87. The number of hydrogen-bond donors (Lipinski definition) is 2. The molecule has 0 spiro atoms. The summed E-state index contributed by atoms with van der Waals surface area (Å²) in [5, 5.41) is 4.20. The summed E-state index contributed by atoms with van der Waals surface area (Å²) in [5.74, 6) is -1.23. The molecule has 92 valence electrons. The highest BCUT2D eigenvalue weighted by atomic mass is 79.9. The molecule has 1 rings (SSSR count). The lowest BCUT2D eigenvalue weighted by molar-refractivity contribution is -0.144. The van der Waals surface area contributed by atoms with Crippen LogP contribution in [0.25, 0.3) is 0 Å². The molecule has 1 aliphatic rings. The largest absolute Gasteiger partial charge is 0.328 e. The molecule has 5 nitrogen and oxygen atoms in total. The first-order chi connectivity index (χ1) is 7.78. The van der Waals surface area contributed by atoms with Crippen molar-refractivity contribution in [1.29, 1.82) is 0 Å². The molecule has 0 aromatic heterocycles. The summed E-state index contributed by atoms with van der Waals surface area (Å²) < 4.78 is 0.512. The molecular formula is C11H13BrN2O3. The minimum atomic E-state index is -1.35. The van der Waals surface area contributed by atoms with E-state index in [-0.39, 0.29) is 12.8 Å². The molecule has 1 saturated heterocycles. The fraction of sp³-hybridized carbons (Fsp3) is 0.364. The van der Waals surface area contributed by atoms with E-state index < -0.39 is 23.3 Å². The Morgan fingerprint density at radius 3 is 2.00 bits per heavy atom. The van der Waals surface area contributed by atoms with E-state index in [1.807, 2.05) is 0 Å². The van der Waals surface area contributed by atoms with Gasteiger partial charge in [-0.25, -0.2) is 4.79 Å². The van der Waals surface area contributed by atoms with Crippen molar-refractivity contribution >= 4 is 33.8 Å². The Balaban J connectivity index is 3.14. The third-order valence-corrected chi connectivity index (χ3v) is 2.70. The van der Waals surface area contributed by atoms with Crippen LogP contribution in [0.15, 0.2) is 23.2 Å². The van der Waals surface area contributed by atoms with Gasteiger partial charge in [0.15, 0.2) is 0 Å². The van der Waals surface area contributed by atoms with Crippen molar-refractivity contribution in [2.75, 3.05) is 0 Å². The first kappa shape index (κ1) is 13.6. The molecule has 1 heterocycles. The first-order valence-corrected chi connectivity index (χ1v) is 5.72. The molecular weight excluding hydrogens is 288 g/mol. The van der Waals surface area contributed by atoms with Crippen LogP contribution in [0.2, 0.25) is 0 Å². The Morgan fingerprint density at radius 1 is 1.18 bits per heavy atom. The Labute approximate surface area is 107 Å². The second kappa shape index (κ2) is 4.83. The van der Waals surface area contributed by atoms with Crippen LogP contribution in [0.5, 0.6) is 0 Å². The lowest BCUT2D eigenvalue weighted by atomic mass is 9.76. The standard InChI is InChI=1S/C11H13BrN2O3/c1-6(2)4-11(5-7(3)12)8(15)13-10(17)14-9(11)16/h1,3-5H2,2H3,(H2,13,14,15,16,17). The topological polar surface area (TPSA) is 75.3 Å². The fourth-order valence-corrected chi connectivity index (χ4v) is 2.28. The molecule has 1 aliphatic heterocycles. The quantitative estimate of drug-likeness (QED) is 0.612. The van der Waals surface area contributed by atoms with Gasteiger partial charge in [0.2, 0.25) is 11.8 Å². The summed E-state index contributed by atoms with van der Waals surface area (Å²) in [6.07, 6.45) is 0.285. The highest BCUT2D eigenvalue weighted by Gasteiger charge is 2.50. The molecule has 2 N–H and O–H groups in total. The van der Waals surface area contributed by atoms with Crippen molar-refractivity contribution in [2.24, 2.45) is 5.41 Å². The number of allylic oxidation sites excluding steroid dienone is 2. The molecule has 0 radical (unpaired) electrons. The number of barbiturate groups is 1. The third-order valence-electron chi connectivity index (χ3n) is 2.42. The number of halogens is 1. The van der Waals surface area contributed by atoms with Crippen LogP contribution in [0.3, 0.4) is 0 Å². The lowest BCUT2D eigenvalue weighted by Gasteiger charge is -2.33. The molecule has 0 aliphatic carbocycles. The third kappa shape index (κ3) is 2.82. The number of carbonyl (C=O) groups is 3. The van der Waals surface area contributed by atoms with E-state index in [1.165, 1.54) is 0 Å². The van der Waals surface area contributed by atoms with Crippen LogP contribution in [0.4, 0.5) is 4.79 Å². The van der Waals surface area contributed by atoms with E-state index in [0.29, 0.717) is 10.1 Å². The summed E-state index contributed by atoms with van der Waals surface area (Å²) in [6, 6.07) is -0.794. The number of carbonyl (C=O) groups excluding carboxylic acids is 3. The maximum absolute atomic E-state index is 11.9. The van der Waals surface area contributed by atoms with Crippen molar-refractivity contribution < 1.29 is 14.4 Å². The summed E-state index contributed by atoms with van der Waals surface area (Å²) in [6.45, 7) is 9.05. The fourth-order valence-electron chi connectivity index (χ4n) is 1.81. The van der Waals surface area contributed by atoms with Crippen molar-refractivity contribution in [3.05, 3.63) is 23.2 Å². The van der Waals surface area contributed by atoms with Gasteiger partial charge in [0.05, 0.1) is 0 Å². The van der Waals surface area contributed by atoms with Gasteiger partial charge in [-0.2, -0.15) is 0 Å². The van der Waals surface area contributed by atoms with E-state index in [2.05, 4.69) is 39.7 Å². The zero-order valence-electron chi connectivity index (χ0n) is 9.43. The molecule has 0 bridgehead atoms. The molecule has 0 aromatic rings. The smallest absolute Gasteiger partial charge is 0.277 e. The van der Waals surface area contributed by atoms with Crippen LogP contribution in [0, 0.1) is 5.41 Å². The number of nitrogens with one attached hydrogen (secondary N) is 2. The number of rotatable bonds is 4. The molecule has 0 unspecified atom stereocenters. The predicted octanol–water partition coefficient (Wildman–Crippen LogP) is 1.60. The minimum Gasteiger partial charge on any atom is -0.277 e. The molecule has 17 heavy (non-hydrogen) atoms. The van der Waals surface area contributed by atoms with Crippen molar-refractivity contribution in [1.82, 2.24) is 10.6 Å². The van der Waals surface area contributed by atoms with E-state index in [0.717, 1.165) is 0 Å². The molecule has 0 saturated carbocycles. The van der Waals surface area contributed by atoms with Gasteiger partial charge in [0.25, 0.3) is 0 Å². The Hall–Kier alpha value is -1.43. The summed E-state index contributed by atoms with van der Waals surface area (Å²) in [7, 11) is 0. The van der Waals surface area contributed by atoms with Crippen LogP contribution in [0.1, 0.15) is 19.8 Å². The maximum atomic E-state index is 11.9. The lowest BCUT2D eigenvalue weighted by Crippen LogP contribution is -2.62. The minimum absolute atomic E-state index is 0.116. The second-order valence-electron chi connectivity index (χ2n) is 4.15. The van der Waals surface area contributed by atoms with E-state index in [4.69, 9.17) is 0 Å². The van der Waals surface area contributed by atoms with E-state index in [1.54, 1.807) is 6.92 Å². The van der Waals surface area contributed by atoms with Crippen molar-refractivity contribution in [3.63, 3.8) is 0 Å². The van der Waals surface area contributed by atoms with Gasteiger partial charge in [0, 0.05) is 6.42 Å². The molecule has 6 heteroatoms. The average molecular weight is 301 g/mol. The molecule has 4 amide bonds. The normalized spacial score (nSPS) is 18.4. The Bertz CT molecular complexity index is 390. The summed E-state index contributed by atoms with van der Waals surface area (Å²) in [4.78, 5) is 34.8. The van der Waals surface area contributed by atoms with E-state index >= 15 is 0 Å². The number of imide groups is 2. The van der Waals surface area contributed by atoms with Crippen molar-refractivity contribution in [2.45, 2.75) is 19.8 Å².